The summed E-state index contributed by atoms with van der Waals surface area (Å²) in [6.45, 7) is 0. The van der Waals surface area contributed by atoms with Gasteiger partial charge in [-0.3, -0.25) is 9.59 Å². The van der Waals surface area contributed by atoms with E-state index in [9.17, 15) is 14.7 Å². The van der Waals surface area contributed by atoms with Gasteiger partial charge in [-0.15, -0.1) is 0 Å². The summed E-state index contributed by atoms with van der Waals surface area (Å²) in [5, 5.41) is 13.5. The Morgan fingerprint density at radius 1 is 1.18 bits per heavy atom. The van der Waals surface area contributed by atoms with Crippen LogP contribution in [0.15, 0.2) is 58.5 Å². The molecule has 142 valence electrons. The van der Waals surface area contributed by atoms with E-state index in [4.69, 9.17) is 11.6 Å². The van der Waals surface area contributed by atoms with Crippen LogP contribution in [-0.4, -0.2) is 21.0 Å². The Balaban J connectivity index is 1.65. The second kappa shape index (κ2) is 7.69. The molecule has 3 aromatic rings. The number of anilines is 1. The molecule has 28 heavy (non-hydrogen) atoms. The first kappa shape index (κ1) is 18.6. The normalized spacial score (nSPS) is 15.8. The molecule has 3 N–H and O–H groups in total. The van der Waals surface area contributed by atoms with Crippen LogP contribution in [0.4, 0.5) is 5.82 Å². The van der Waals surface area contributed by atoms with Crippen molar-refractivity contribution in [1.82, 2.24) is 9.97 Å². The Morgan fingerprint density at radius 2 is 1.96 bits per heavy atom. The zero-order valence-electron chi connectivity index (χ0n) is 14.6. The highest BCUT2D eigenvalue weighted by Gasteiger charge is 2.31. The Hall–Kier alpha value is -2.77. The molecule has 6 nitrogen and oxygen atoms in total. The van der Waals surface area contributed by atoms with E-state index >= 15 is 0 Å². The minimum atomic E-state index is -0.456. The van der Waals surface area contributed by atoms with E-state index in [-0.39, 0.29) is 29.5 Å². The number of nitrogens with zero attached hydrogens (tertiary/aromatic N) is 1. The summed E-state index contributed by atoms with van der Waals surface area (Å²) in [7, 11) is 0. The van der Waals surface area contributed by atoms with E-state index in [1.54, 1.807) is 36.4 Å². The smallest absolute Gasteiger partial charge is 0.257 e. The first-order valence-electron chi connectivity index (χ1n) is 8.60. The van der Waals surface area contributed by atoms with Crippen molar-refractivity contribution < 1.29 is 9.90 Å². The molecule has 8 heteroatoms. The lowest BCUT2D eigenvalue weighted by Gasteiger charge is -2.24. The summed E-state index contributed by atoms with van der Waals surface area (Å²) in [6.07, 6.45) is 0.123. The number of thioether (sulfide) groups is 1. The number of aromatic nitrogens is 2. The number of amides is 1. The zero-order chi connectivity index (χ0) is 19.7. The molecule has 1 unspecified atom stereocenters. The number of carbonyl (C=O) groups excluding carboxylic acids is 1. The molecule has 1 atom stereocenters. The number of hydrogen-bond acceptors (Lipinski definition) is 5. The van der Waals surface area contributed by atoms with Gasteiger partial charge >= 0.3 is 0 Å². The molecular formula is C20H16ClN3O3S. The highest BCUT2D eigenvalue weighted by molar-refractivity contribution is 7.98. The largest absolute Gasteiger partial charge is 0.508 e. The fourth-order valence-corrected chi connectivity index (χ4v) is 4.12. The van der Waals surface area contributed by atoms with Crippen LogP contribution < -0.4 is 10.9 Å². The molecule has 2 aromatic carbocycles. The summed E-state index contributed by atoms with van der Waals surface area (Å²) in [4.78, 5) is 32.2. The van der Waals surface area contributed by atoms with Gasteiger partial charge in [0.25, 0.3) is 5.56 Å². The number of nitrogens with one attached hydrogen (secondary N) is 2. The van der Waals surface area contributed by atoms with Crippen molar-refractivity contribution in [3.05, 3.63) is 80.6 Å². The average Bonchev–Trinajstić information content (AvgIpc) is 2.66. The second-order valence-electron chi connectivity index (χ2n) is 6.45. The number of aromatic amines is 1. The molecule has 0 bridgehead atoms. The van der Waals surface area contributed by atoms with Crippen molar-refractivity contribution in [2.24, 2.45) is 0 Å². The Morgan fingerprint density at radius 3 is 2.71 bits per heavy atom. The number of hydrogen-bond donors (Lipinski definition) is 3. The molecule has 0 fully saturated rings. The zero-order valence-corrected chi connectivity index (χ0v) is 16.2. The molecule has 0 saturated heterocycles. The van der Waals surface area contributed by atoms with Crippen LogP contribution in [0.5, 0.6) is 5.75 Å². The summed E-state index contributed by atoms with van der Waals surface area (Å²) in [5.74, 6) is 0.287. The van der Waals surface area contributed by atoms with E-state index in [2.05, 4.69) is 15.3 Å². The molecule has 0 spiro atoms. The van der Waals surface area contributed by atoms with Gasteiger partial charge in [0, 0.05) is 23.1 Å². The number of phenolic OH excluding ortho intramolecular Hbond substituents is 1. The predicted octanol–water partition coefficient (Wildman–Crippen LogP) is 3.90. The molecule has 0 radical (unpaired) electrons. The standard InChI is InChI=1S/C20H16ClN3O3S/c21-13-6-4-11(5-7-13)10-28-20-23-18-17(19(27)24-20)15(9-16(26)22-18)12-2-1-3-14(25)8-12/h1-8,15,25H,9-10H2,(H2,22,23,24,26,27). The van der Waals surface area contributed by atoms with Crippen LogP contribution in [0.1, 0.15) is 29.0 Å². The maximum atomic E-state index is 12.8. The number of benzene rings is 2. The van der Waals surface area contributed by atoms with Crippen LogP contribution in [-0.2, 0) is 10.5 Å². The van der Waals surface area contributed by atoms with E-state index in [1.165, 1.54) is 11.8 Å². The first-order chi connectivity index (χ1) is 13.5. The van der Waals surface area contributed by atoms with Crippen LogP contribution in [0.2, 0.25) is 5.02 Å². The third-order valence-electron chi connectivity index (χ3n) is 4.49. The topological polar surface area (TPSA) is 95.1 Å². The fraction of sp³-hybridized carbons (Fsp3) is 0.150. The van der Waals surface area contributed by atoms with Gasteiger partial charge in [0.1, 0.15) is 11.6 Å². The highest BCUT2D eigenvalue weighted by atomic mass is 35.5. The molecule has 2 heterocycles. The number of fused-ring (bicyclic) bond motifs is 1. The first-order valence-corrected chi connectivity index (χ1v) is 9.96. The van der Waals surface area contributed by atoms with E-state index < -0.39 is 5.92 Å². The van der Waals surface area contributed by atoms with Crippen LogP contribution in [0.3, 0.4) is 0 Å². The van der Waals surface area contributed by atoms with Crippen molar-refractivity contribution in [3.8, 4) is 5.75 Å². The van der Waals surface area contributed by atoms with Crippen LogP contribution in [0, 0.1) is 0 Å². The van der Waals surface area contributed by atoms with Gasteiger partial charge in [-0.2, -0.15) is 0 Å². The Labute approximate surface area is 170 Å². The van der Waals surface area contributed by atoms with Crippen molar-refractivity contribution in [1.29, 1.82) is 0 Å². The highest BCUT2D eigenvalue weighted by Crippen LogP contribution is 2.35. The molecule has 1 aliphatic rings. The molecular weight excluding hydrogens is 398 g/mol. The van der Waals surface area contributed by atoms with E-state index in [0.29, 0.717) is 27.1 Å². The SMILES string of the molecule is O=C1CC(c2cccc(O)c2)c2c(nc(SCc3ccc(Cl)cc3)[nH]c2=O)N1. The summed E-state index contributed by atoms with van der Waals surface area (Å²) in [6, 6.07) is 14.0. The van der Waals surface area contributed by atoms with Gasteiger partial charge in [0.05, 0.1) is 5.56 Å². The quantitative estimate of drug-likeness (QED) is 0.445. The Bertz CT molecular complexity index is 1100. The molecule has 1 aliphatic heterocycles. The molecule has 1 amide bonds. The van der Waals surface area contributed by atoms with Crippen molar-refractivity contribution in [3.63, 3.8) is 0 Å². The molecule has 4 rings (SSSR count). The van der Waals surface area contributed by atoms with Crippen molar-refractivity contribution in [2.75, 3.05) is 5.32 Å². The number of carbonyl (C=O) groups is 1. The minimum absolute atomic E-state index is 0.0876. The number of phenols is 1. The minimum Gasteiger partial charge on any atom is -0.508 e. The van der Waals surface area contributed by atoms with Crippen molar-refractivity contribution in [2.45, 2.75) is 23.2 Å². The fourth-order valence-electron chi connectivity index (χ4n) is 3.18. The molecule has 0 saturated carbocycles. The second-order valence-corrected chi connectivity index (χ2v) is 7.85. The Kier molecular flexibility index (Phi) is 5.11. The number of halogens is 1. The summed E-state index contributed by atoms with van der Waals surface area (Å²) >= 11 is 7.26. The van der Waals surface area contributed by atoms with Gasteiger partial charge in [-0.05, 0) is 35.4 Å². The predicted molar refractivity (Wildman–Crippen MR) is 109 cm³/mol. The monoisotopic (exact) mass is 413 g/mol. The van der Waals surface area contributed by atoms with Gasteiger partial charge in [0.2, 0.25) is 5.91 Å². The maximum Gasteiger partial charge on any atom is 0.257 e. The van der Waals surface area contributed by atoms with Crippen LogP contribution >= 0.6 is 23.4 Å². The summed E-state index contributed by atoms with van der Waals surface area (Å²) < 4.78 is 0. The number of H-pyrrole nitrogens is 1. The lowest BCUT2D eigenvalue weighted by Crippen LogP contribution is -2.31. The van der Waals surface area contributed by atoms with Crippen LogP contribution in [0.25, 0.3) is 0 Å². The maximum absolute atomic E-state index is 12.8. The molecule has 0 aliphatic carbocycles. The lowest BCUT2D eigenvalue weighted by molar-refractivity contribution is -0.116. The molecule has 1 aromatic heterocycles. The van der Waals surface area contributed by atoms with E-state index in [0.717, 1.165) is 5.56 Å². The van der Waals surface area contributed by atoms with Crippen molar-refractivity contribution >= 4 is 35.1 Å². The summed E-state index contributed by atoms with van der Waals surface area (Å²) in [5.41, 5.74) is 1.85. The third kappa shape index (κ3) is 3.90. The lowest BCUT2D eigenvalue weighted by atomic mass is 9.87. The third-order valence-corrected chi connectivity index (χ3v) is 5.69. The van der Waals surface area contributed by atoms with Gasteiger partial charge in [-0.25, -0.2) is 4.98 Å². The van der Waals surface area contributed by atoms with Gasteiger partial charge in [-0.1, -0.05) is 47.6 Å². The number of rotatable bonds is 4. The van der Waals surface area contributed by atoms with Gasteiger partial charge in [0.15, 0.2) is 5.16 Å². The number of aromatic hydroxyl groups is 1. The average molecular weight is 414 g/mol. The van der Waals surface area contributed by atoms with E-state index in [1.807, 2.05) is 12.1 Å². The van der Waals surface area contributed by atoms with Gasteiger partial charge < -0.3 is 15.4 Å².